The molecule has 2 heterocycles. The molecule has 2 aromatic carbocycles. The van der Waals surface area contributed by atoms with Gasteiger partial charge in [0.1, 0.15) is 5.75 Å². The summed E-state index contributed by atoms with van der Waals surface area (Å²) in [5.41, 5.74) is 1.91. The van der Waals surface area contributed by atoms with Crippen molar-refractivity contribution in [2.75, 3.05) is 35.5 Å². The molecular formula is C26H26N2O7S. The van der Waals surface area contributed by atoms with Gasteiger partial charge < -0.3 is 23.7 Å². The monoisotopic (exact) mass is 510 g/mol. The third-order valence-electron chi connectivity index (χ3n) is 5.84. The SMILES string of the molecule is COC(=O)C1=C(C)N=c2s/c(=C/c3cc(OC)c(OC)c(OC)c3)c(=O)n2[C@@H]1c1ccc(OC)cc1. The highest BCUT2D eigenvalue weighted by atomic mass is 32.1. The van der Waals surface area contributed by atoms with Gasteiger partial charge in [0.05, 0.1) is 57.4 Å². The summed E-state index contributed by atoms with van der Waals surface area (Å²) >= 11 is 1.23. The maximum atomic E-state index is 13.7. The zero-order valence-electron chi connectivity index (χ0n) is 20.8. The van der Waals surface area contributed by atoms with Crippen LogP contribution in [-0.2, 0) is 9.53 Å². The molecule has 1 aliphatic heterocycles. The molecule has 0 saturated heterocycles. The Morgan fingerprint density at radius 1 is 0.972 bits per heavy atom. The van der Waals surface area contributed by atoms with Crippen molar-refractivity contribution in [3.63, 3.8) is 0 Å². The van der Waals surface area contributed by atoms with Gasteiger partial charge in [-0.05, 0) is 48.4 Å². The van der Waals surface area contributed by atoms with Gasteiger partial charge in [-0.15, -0.1) is 0 Å². The first-order chi connectivity index (χ1) is 17.4. The molecule has 9 nitrogen and oxygen atoms in total. The van der Waals surface area contributed by atoms with Gasteiger partial charge in [0.2, 0.25) is 5.75 Å². The van der Waals surface area contributed by atoms with E-state index in [1.165, 1.54) is 44.3 Å². The number of fused-ring (bicyclic) bond motifs is 1. The van der Waals surface area contributed by atoms with Gasteiger partial charge in [-0.2, -0.15) is 0 Å². The van der Waals surface area contributed by atoms with Crippen molar-refractivity contribution in [3.8, 4) is 23.0 Å². The van der Waals surface area contributed by atoms with E-state index in [1.807, 2.05) is 12.1 Å². The van der Waals surface area contributed by atoms with Crippen LogP contribution in [0.1, 0.15) is 24.1 Å². The number of esters is 1. The summed E-state index contributed by atoms with van der Waals surface area (Å²) < 4.78 is 28.5. The van der Waals surface area contributed by atoms with E-state index < -0.39 is 12.0 Å². The third kappa shape index (κ3) is 4.35. The molecule has 1 aliphatic rings. The molecule has 0 spiro atoms. The van der Waals surface area contributed by atoms with Crippen molar-refractivity contribution in [3.05, 3.63) is 78.5 Å². The Morgan fingerprint density at radius 3 is 2.14 bits per heavy atom. The number of thiazole rings is 1. The van der Waals surface area contributed by atoms with Crippen molar-refractivity contribution < 1.29 is 28.5 Å². The highest BCUT2D eigenvalue weighted by Gasteiger charge is 2.33. The molecule has 0 amide bonds. The summed E-state index contributed by atoms with van der Waals surface area (Å²) in [5, 5.41) is 0. The van der Waals surface area contributed by atoms with Crippen molar-refractivity contribution >= 4 is 23.4 Å². The van der Waals surface area contributed by atoms with E-state index in [0.29, 0.717) is 49.2 Å². The van der Waals surface area contributed by atoms with Crippen molar-refractivity contribution in [1.82, 2.24) is 4.57 Å². The predicted octanol–water partition coefficient (Wildman–Crippen LogP) is 2.44. The van der Waals surface area contributed by atoms with Gasteiger partial charge >= 0.3 is 5.97 Å². The third-order valence-corrected chi connectivity index (χ3v) is 6.83. The summed E-state index contributed by atoms with van der Waals surface area (Å²) in [7, 11) is 7.47. The summed E-state index contributed by atoms with van der Waals surface area (Å²) in [6.45, 7) is 1.74. The van der Waals surface area contributed by atoms with E-state index in [0.717, 1.165) is 5.56 Å². The molecular weight excluding hydrogens is 484 g/mol. The van der Waals surface area contributed by atoms with Crippen LogP contribution in [-0.4, -0.2) is 46.1 Å². The topological polar surface area (TPSA) is 97.6 Å². The maximum absolute atomic E-state index is 13.7. The molecule has 4 rings (SSSR count). The molecule has 0 fully saturated rings. The van der Waals surface area contributed by atoms with E-state index in [-0.39, 0.29) is 5.56 Å². The van der Waals surface area contributed by atoms with Gasteiger partial charge in [0.15, 0.2) is 16.3 Å². The summed E-state index contributed by atoms with van der Waals surface area (Å²) in [5.74, 6) is 1.51. The molecule has 3 aromatic rings. The smallest absolute Gasteiger partial charge is 0.338 e. The van der Waals surface area contributed by atoms with E-state index in [1.54, 1.807) is 44.4 Å². The fourth-order valence-corrected chi connectivity index (χ4v) is 5.18. The zero-order chi connectivity index (χ0) is 26.0. The average Bonchev–Trinajstić information content (AvgIpc) is 3.20. The number of carbonyl (C=O) groups excluding carboxylic acids is 1. The number of methoxy groups -OCH3 is 5. The first kappa shape index (κ1) is 25.1. The number of ether oxygens (including phenoxy) is 5. The number of aromatic nitrogens is 1. The van der Waals surface area contributed by atoms with Crippen LogP contribution in [0.4, 0.5) is 0 Å². The van der Waals surface area contributed by atoms with Gasteiger partial charge in [0.25, 0.3) is 5.56 Å². The lowest BCUT2D eigenvalue weighted by Gasteiger charge is -2.24. The molecule has 188 valence electrons. The van der Waals surface area contributed by atoms with Crippen LogP contribution in [0.15, 0.2) is 57.5 Å². The highest BCUT2D eigenvalue weighted by molar-refractivity contribution is 7.07. The van der Waals surface area contributed by atoms with Gasteiger partial charge in [0, 0.05) is 0 Å². The largest absolute Gasteiger partial charge is 0.497 e. The van der Waals surface area contributed by atoms with E-state index >= 15 is 0 Å². The summed E-state index contributed by atoms with van der Waals surface area (Å²) in [6, 6.07) is 10.0. The van der Waals surface area contributed by atoms with Crippen LogP contribution in [0.5, 0.6) is 23.0 Å². The molecule has 1 aromatic heterocycles. The Hall–Kier alpha value is -4.05. The van der Waals surface area contributed by atoms with E-state index in [4.69, 9.17) is 23.7 Å². The molecule has 0 unspecified atom stereocenters. The molecule has 0 bridgehead atoms. The molecule has 36 heavy (non-hydrogen) atoms. The standard InChI is InChI=1S/C26H26N2O7S/c1-14-21(25(30)35-6)22(16-7-9-17(31-2)10-8-16)28-24(29)20(36-26(28)27-14)13-15-11-18(32-3)23(34-5)19(12-15)33-4/h7-13,22H,1-6H3/b20-13+/t22-/m1/s1. The first-order valence-electron chi connectivity index (χ1n) is 10.9. The molecule has 0 radical (unpaired) electrons. The average molecular weight is 511 g/mol. The number of hydrogen-bond donors (Lipinski definition) is 0. The quantitative estimate of drug-likeness (QED) is 0.451. The number of allylic oxidation sites excluding steroid dienone is 1. The van der Waals surface area contributed by atoms with Crippen LogP contribution in [0.2, 0.25) is 0 Å². The van der Waals surface area contributed by atoms with Crippen LogP contribution in [0.25, 0.3) is 6.08 Å². The molecule has 0 N–H and O–H groups in total. The Bertz CT molecular complexity index is 1490. The summed E-state index contributed by atoms with van der Waals surface area (Å²) in [6.07, 6.45) is 1.73. The lowest BCUT2D eigenvalue weighted by atomic mass is 9.96. The minimum absolute atomic E-state index is 0.290. The number of benzene rings is 2. The fraction of sp³-hybridized carbons (Fsp3) is 0.269. The zero-order valence-corrected chi connectivity index (χ0v) is 21.6. The minimum atomic E-state index is -0.707. The second-order valence-corrected chi connectivity index (χ2v) is 8.81. The van der Waals surface area contributed by atoms with Gasteiger partial charge in [-0.1, -0.05) is 23.5 Å². The van der Waals surface area contributed by atoms with Crippen molar-refractivity contribution in [2.24, 2.45) is 4.99 Å². The lowest BCUT2D eigenvalue weighted by molar-refractivity contribution is -0.136. The first-order valence-corrected chi connectivity index (χ1v) is 11.7. The Morgan fingerprint density at radius 2 is 1.61 bits per heavy atom. The van der Waals surface area contributed by atoms with Crippen LogP contribution < -0.4 is 33.8 Å². The van der Waals surface area contributed by atoms with Crippen LogP contribution >= 0.6 is 11.3 Å². The molecule has 1 atom stereocenters. The van der Waals surface area contributed by atoms with Crippen LogP contribution in [0, 0.1) is 0 Å². The van der Waals surface area contributed by atoms with E-state index in [9.17, 15) is 9.59 Å². The minimum Gasteiger partial charge on any atom is -0.497 e. The predicted molar refractivity (Wildman–Crippen MR) is 135 cm³/mol. The molecule has 10 heteroatoms. The Kier molecular flexibility index (Phi) is 7.16. The highest BCUT2D eigenvalue weighted by Crippen LogP contribution is 2.38. The van der Waals surface area contributed by atoms with Crippen molar-refractivity contribution in [1.29, 1.82) is 0 Å². The Balaban J connectivity index is 1.94. The van der Waals surface area contributed by atoms with Crippen LogP contribution in [0.3, 0.4) is 0 Å². The van der Waals surface area contributed by atoms with Gasteiger partial charge in [-0.25, -0.2) is 9.79 Å². The number of nitrogens with zero attached hydrogens (tertiary/aromatic N) is 2. The number of carbonyl (C=O) groups is 1. The van der Waals surface area contributed by atoms with Crippen molar-refractivity contribution in [2.45, 2.75) is 13.0 Å². The fourth-order valence-electron chi connectivity index (χ4n) is 4.13. The normalized spacial score (nSPS) is 15.2. The molecule has 0 saturated carbocycles. The van der Waals surface area contributed by atoms with Gasteiger partial charge in [-0.3, -0.25) is 9.36 Å². The second kappa shape index (κ2) is 10.3. The lowest BCUT2D eigenvalue weighted by Crippen LogP contribution is -2.39. The summed E-state index contributed by atoms with van der Waals surface area (Å²) in [4.78, 5) is 31.5. The molecule has 0 aliphatic carbocycles. The Labute approximate surface area is 211 Å². The number of rotatable bonds is 7. The second-order valence-electron chi connectivity index (χ2n) is 7.81. The van der Waals surface area contributed by atoms with E-state index in [2.05, 4.69) is 4.99 Å². The maximum Gasteiger partial charge on any atom is 0.338 e. The number of hydrogen-bond acceptors (Lipinski definition) is 9.